The van der Waals surface area contributed by atoms with E-state index in [0.717, 1.165) is 17.0 Å². The van der Waals surface area contributed by atoms with Crippen molar-refractivity contribution < 1.29 is 14.7 Å². The maximum Gasteiger partial charge on any atom is 0.327 e. The molecule has 0 aliphatic heterocycles. The van der Waals surface area contributed by atoms with Gasteiger partial charge in [-0.1, -0.05) is 36.8 Å². The number of hydrogen-bond acceptors (Lipinski definition) is 5. The van der Waals surface area contributed by atoms with Crippen LogP contribution < -0.4 is 5.32 Å². The Morgan fingerprint density at radius 2 is 2.07 bits per heavy atom. The molecule has 1 saturated carbocycles. The van der Waals surface area contributed by atoms with Crippen molar-refractivity contribution in [3.63, 3.8) is 0 Å². The van der Waals surface area contributed by atoms with E-state index in [2.05, 4.69) is 55.9 Å². The molecule has 1 aliphatic carbocycles. The van der Waals surface area contributed by atoms with Gasteiger partial charge in [-0.3, -0.25) is 4.79 Å². The molecular formula is C22H28N2O3S2. The lowest BCUT2D eigenvalue weighted by Gasteiger charge is -2.20. The molecule has 7 heteroatoms. The van der Waals surface area contributed by atoms with Gasteiger partial charge in [0.15, 0.2) is 0 Å². The molecule has 29 heavy (non-hydrogen) atoms. The number of carboxylic acids is 1. The zero-order chi connectivity index (χ0) is 21.4. The van der Waals surface area contributed by atoms with Crippen molar-refractivity contribution in [3.8, 4) is 0 Å². The van der Waals surface area contributed by atoms with Gasteiger partial charge in [0.05, 0.1) is 0 Å². The fourth-order valence-corrected chi connectivity index (χ4v) is 3.77. The lowest BCUT2D eigenvalue weighted by Crippen LogP contribution is -2.42. The van der Waals surface area contributed by atoms with E-state index in [0.29, 0.717) is 0 Å². The van der Waals surface area contributed by atoms with Crippen molar-refractivity contribution in [1.82, 2.24) is 10.3 Å². The molecule has 1 aliphatic rings. The van der Waals surface area contributed by atoms with E-state index in [1.54, 1.807) is 5.38 Å². The summed E-state index contributed by atoms with van der Waals surface area (Å²) in [5, 5.41) is 13.9. The molecule has 1 unspecified atom stereocenters. The molecule has 156 valence electrons. The van der Waals surface area contributed by atoms with Crippen molar-refractivity contribution in [3.05, 3.63) is 57.1 Å². The highest BCUT2D eigenvalue weighted by Crippen LogP contribution is 2.31. The minimum absolute atomic E-state index is 0.0153. The van der Waals surface area contributed by atoms with Gasteiger partial charge in [0.2, 0.25) is 0 Å². The first-order chi connectivity index (χ1) is 13.9. The summed E-state index contributed by atoms with van der Waals surface area (Å²) in [5.74, 6) is -1.61. The van der Waals surface area contributed by atoms with Gasteiger partial charge in [0.25, 0.3) is 5.91 Å². The second-order valence-corrected chi connectivity index (χ2v) is 8.17. The van der Waals surface area contributed by atoms with Gasteiger partial charge in [0.1, 0.15) is 16.7 Å². The number of carboxylic acid groups (broad SMARTS) is 1. The molecule has 2 N–H and O–H groups in total. The molecule has 0 saturated heterocycles. The number of nitrogens with one attached hydrogen (secondary N) is 1. The first-order valence-electron chi connectivity index (χ1n) is 9.71. The standard InChI is InChI=1S/C22H28N2O3S2/c1-4-5-7-17(11-10-14(2)15(3)16-8-6-9-16)21-24-19(13-29-21)20(25)23-18(12-28)22(26)27/h5,7,10-11,13,18,28H,4,6,8-9,12H2,1-3H3,(H,23,25)(H,26,27)/b7-5-,14-10+,17-11+. The number of carbonyl (C=O) groups is 2. The highest BCUT2D eigenvalue weighted by Gasteiger charge is 2.21. The summed E-state index contributed by atoms with van der Waals surface area (Å²) in [4.78, 5) is 27.8. The summed E-state index contributed by atoms with van der Waals surface area (Å²) in [7, 11) is 0. The molecule has 1 amide bonds. The number of aliphatic carboxylic acids is 1. The average Bonchev–Trinajstić information content (AvgIpc) is 3.14. The predicted octanol–water partition coefficient (Wildman–Crippen LogP) is 5.05. The van der Waals surface area contributed by atoms with Crippen LogP contribution in [0.5, 0.6) is 0 Å². The van der Waals surface area contributed by atoms with Crippen LogP contribution in [0.4, 0.5) is 0 Å². The number of nitrogens with zero attached hydrogens (tertiary/aromatic N) is 1. The summed E-state index contributed by atoms with van der Waals surface area (Å²) in [5.41, 5.74) is 5.25. The molecule has 1 aromatic rings. The number of thiol groups is 1. The molecule has 0 spiro atoms. The van der Waals surface area contributed by atoms with E-state index < -0.39 is 17.9 Å². The van der Waals surface area contributed by atoms with E-state index in [1.807, 2.05) is 12.2 Å². The third kappa shape index (κ3) is 6.44. The van der Waals surface area contributed by atoms with Crippen LogP contribution in [0.3, 0.4) is 0 Å². The highest BCUT2D eigenvalue weighted by atomic mass is 32.1. The van der Waals surface area contributed by atoms with Crippen molar-refractivity contribution in [2.75, 3.05) is 5.75 Å². The Balaban J connectivity index is 2.24. The van der Waals surface area contributed by atoms with Crippen molar-refractivity contribution >= 4 is 41.4 Å². The number of carbonyl (C=O) groups excluding carboxylic acids is 1. The zero-order valence-electron chi connectivity index (χ0n) is 17.1. The normalized spacial score (nSPS) is 15.9. The lowest BCUT2D eigenvalue weighted by atomic mass is 9.86. The van der Waals surface area contributed by atoms with Gasteiger partial charge in [-0.25, -0.2) is 9.78 Å². The number of aromatic nitrogens is 1. The van der Waals surface area contributed by atoms with E-state index >= 15 is 0 Å². The largest absolute Gasteiger partial charge is 0.480 e. The van der Waals surface area contributed by atoms with Gasteiger partial charge >= 0.3 is 5.97 Å². The summed E-state index contributed by atoms with van der Waals surface area (Å²) >= 11 is 5.33. The molecule has 0 bridgehead atoms. The van der Waals surface area contributed by atoms with Crippen molar-refractivity contribution in [2.24, 2.45) is 0 Å². The smallest absolute Gasteiger partial charge is 0.327 e. The minimum Gasteiger partial charge on any atom is -0.480 e. The molecule has 1 aromatic heterocycles. The molecule has 1 atom stereocenters. The van der Waals surface area contributed by atoms with E-state index in [-0.39, 0.29) is 11.4 Å². The summed E-state index contributed by atoms with van der Waals surface area (Å²) in [6.45, 7) is 6.34. The first-order valence-corrected chi connectivity index (χ1v) is 11.2. The third-order valence-corrected chi connectivity index (χ3v) is 6.15. The van der Waals surface area contributed by atoms with Gasteiger partial charge in [0, 0.05) is 16.7 Å². The zero-order valence-corrected chi connectivity index (χ0v) is 18.8. The Bertz CT molecular complexity index is 872. The second-order valence-electron chi connectivity index (χ2n) is 6.95. The predicted molar refractivity (Wildman–Crippen MR) is 123 cm³/mol. The maximum absolute atomic E-state index is 12.3. The monoisotopic (exact) mass is 432 g/mol. The second kappa shape index (κ2) is 11.2. The van der Waals surface area contributed by atoms with Gasteiger partial charge in [-0.2, -0.15) is 12.6 Å². The number of hydrogen-bond donors (Lipinski definition) is 3. The van der Waals surface area contributed by atoms with Gasteiger partial charge < -0.3 is 10.4 Å². The summed E-state index contributed by atoms with van der Waals surface area (Å²) in [6, 6.07) is -1.04. The van der Waals surface area contributed by atoms with Crippen LogP contribution >= 0.6 is 24.0 Å². The maximum atomic E-state index is 12.3. The van der Waals surface area contributed by atoms with Crippen molar-refractivity contribution in [2.45, 2.75) is 52.5 Å². The molecule has 0 radical (unpaired) electrons. The Labute approximate surface area is 181 Å². The fraction of sp³-hybridized carbons (Fsp3) is 0.409. The number of amides is 1. The molecule has 2 rings (SSSR count). The Morgan fingerprint density at radius 1 is 1.34 bits per heavy atom. The molecule has 1 fully saturated rings. The Hall–Kier alpha value is -2.12. The number of rotatable bonds is 9. The number of thiazole rings is 1. The molecule has 5 nitrogen and oxygen atoms in total. The summed E-state index contributed by atoms with van der Waals surface area (Å²) < 4.78 is 0. The third-order valence-electron chi connectivity index (χ3n) is 4.89. The van der Waals surface area contributed by atoms with E-state index in [4.69, 9.17) is 5.11 Å². The van der Waals surface area contributed by atoms with Crippen LogP contribution in [-0.2, 0) is 4.79 Å². The van der Waals surface area contributed by atoms with Gasteiger partial charge in [-0.05, 0) is 50.7 Å². The first kappa shape index (κ1) is 23.2. The van der Waals surface area contributed by atoms with Crippen molar-refractivity contribution in [1.29, 1.82) is 0 Å². The van der Waals surface area contributed by atoms with Crippen LogP contribution in [0.2, 0.25) is 0 Å². The molecular weight excluding hydrogens is 404 g/mol. The van der Waals surface area contributed by atoms with Gasteiger partial charge in [-0.15, -0.1) is 11.3 Å². The lowest BCUT2D eigenvalue weighted by molar-refractivity contribution is -0.138. The highest BCUT2D eigenvalue weighted by molar-refractivity contribution is 7.80. The topological polar surface area (TPSA) is 79.3 Å². The molecule has 0 aromatic carbocycles. The summed E-state index contributed by atoms with van der Waals surface area (Å²) in [6.07, 6.45) is 12.7. The molecule has 1 heterocycles. The fourth-order valence-electron chi connectivity index (χ4n) is 2.72. The number of allylic oxidation sites excluding steroid dienone is 8. The van der Waals surface area contributed by atoms with Crippen LogP contribution in [0.15, 0.2) is 46.4 Å². The quantitative estimate of drug-likeness (QED) is 0.377. The van der Waals surface area contributed by atoms with Crippen LogP contribution in [0.1, 0.15) is 62.0 Å². The Morgan fingerprint density at radius 3 is 2.62 bits per heavy atom. The van der Waals surface area contributed by atoms with E-state index in [1.165, 1.54) is 47.3 Å². The van der Waals surface area contributed by atoms with Crippen LogP contribution in [0, 0.1) is 0 Å². The Kier molecular flexibility index (Phi) is 8.92. The van der Waals surface area contributed by atoms with Crippen LogP contribution in [0.25, 0.3) is 5.57 Å². The average molecular weight is 433 g/mol. The SMILES string of the molecule is CC\C=C/C(=C\C=C(/C)C(C)=C1CCC1)c1nc(C(=O)NC(CS)C(=O)O)cs1. The van der Waals surface area contributed by atoms with Crippen LogP contribution in [-0.4, -0.2) is 33.8 Å². The van der Waals surface area contributed by atoms with E-state index in [9.17, 15) is 9.59 Å². The minimum atomic E-state index is -1.12.